The van der Waals surface area contributed by atoms with Crippen LogP contribution in [0, 0.1) is 5.92 Å². The zero-order valence-electron chi connectivity index (χ0n) is 11.4. The van der Waals surface area contributed by atoms with Crippen LogP contribution in [0.2, 0.25) is 0 Å². The summed E-state index contributed by atoms with van der Waals surface area (Å²) in [6, 6.07) is 0. The molecule has 2 N–H and O–H groups in total. The molecule has 0 aromatic carbocycles. The van der Waals surface area contributed by atoms with Crippen LogP contribution in [0.25, 0.3) is 0 Å². The Bertz CT molecular complexity index is 464. The number of carboxylic acid groups (broad SMARTS) is 1. The van der Waals surface area contributed by atoms with Gasteiger partial charge in [0.15, 0.2) is 0 Å². The second-order valence-corrected chi connectivity index (χ2v) is 5.21. The molecule has 1 saturated carbocycles. The molecule has 0 bridgehead atoms. The fourth-order valence-electron chi connectivity index (χ4n) is 2.50. The summed E-state index contributed by atoms with van der Waals surface area (Å²) in [5, 5.41) is 19.0. The van der Waals surface area contributed by atoms with E-state index in [0.717, 1.165) is 25.7 Å². The second kappa shape index (κ2) is 7.02. The van der Waals surface area contributed by atoms with Crippen molar-refractivity contribution in [1.82, 2.24) is 20.3 Å². The standard InChI is InChI=1S/C13H20N4O3/c18-12(19)9-17-8-11(15-16-17)7-14-13(20)10-5-3-1-2-4-6-10/h8,10H,1-7,9H2,(H,14,20)(H,18,19). The molecule has 1 heterocycles. The van der Waals surface area contributed by atoms with Crippen LogP contribution in [0.1, 0.15) is 44.2 Å². The van der Waals surface area contributed by atoms with E-state index in [4.69, 9.17) is 5.11 Å². The number of amides is 1. The van der Waals surface area contributed by atoms with Gasteiger partial charge in [-0.05, 0) is 12.8 Å². The Hall–Kier alpha value is -1.92. The van der Waals surface area contributed by atoms with E-state index in [0.29, 0.717) is 12.2 Å². The van der Waals surface area contributed by atoms with Crippen LogP contribution >= 0.6 is 0 Å². The van der Waals surface area contributed by atoms with E-state index >= 15 is 0 Å². The van der Waals surface area contributed by atoms with Crippen molar-refractivity contribution in [2.24, 2.45) is 5.92 Å². The highest BCUT2D eigenvalue weighted by Crippen LogP contribution is 2.22. The van der Waals surface area contributed by atoms with Gasteiger partial charge < -0.3 is 10.4 Å². The molecule has 1 aliphatic carbocycles. The largest absolute Gasteiger partial charge is 0.480 e. The van der Waals surface area contributed by atoms with Crippen molar-refractivity contribution in [2.75, 3.05) is 0 Å². The number of carboxylic acids is 1. The van der Waals surface area contributed by atoms with E-state index in [9.17, 15) is 9.59 Å². The van der Waals surface area contributed by atoms with Gasteiger partial charge in [0, 0.05) is 5.92 Å². The van der Waals surface area contributed by atoms with Crippen LogP contribution in [0.4, 0.5) is 0 Å². The van der Waals surface area contributed by atoms with Crippen molar-refractivity contribution < 1.29 is 14.7 Å². The quantitative estimate of drug-likeness (QED) is 0.783. The first-order valence-corrected chi connectivity index (χ1v) is 7.03. The van der Waals surface area contributed by atoms with Crippen LogP contribution in [0.15, 0.2) is 6.20 Å². The molecule has 0 unspecified atom stereocenters. The van der Waals surface area contributed by atoms with Gasteiger partial charge in [-0.15, -0.1) is 5.10 Å². The van der Waals surface area contributed by atoms with E-state index in [1.54, 1.807) is 6.20 Å². The number of hydrogen-bond donors (Lipinski definition) is 2. The molecule has 1 aromatic rings. The number of aromatic nitrogens is 3. The van der Waals surface area contributed by atoms with Crippen LogP contribution in [0.3, 0.4) is 0 Å². The highest BCUT2D eigenvalue weighted by molar-refractivity contribution is 5.78. The van der Waals surface area contributed by atoms with E-state index < -0.39 is 5.97 Å². The van der Waals surface area contributed by atoms with Gasteiger partial charge in [-0.2, -0.15) is 0 Å². The monoisotopic (exact) mass is 280 g/mol. The number of carbonyl (C=O) groups excluding carboxylic acids is 1. The van der Waals surface area contributed by atoms with Gasteiger partial charge in [0.1, 0.15) is 12.2 Å². The minimum atomic E-state index is -0.969. The van der Waals surface area contributed by atoms with Gasteiger partial charge in [0.05, 0.1) is 12.7 Å². The lowest BCUT2D eigenvalue weighted by atomic mass is 9.99. The average molecular weight is 280 g/mol. The highest BCUT2D eigenvalue weighted by atomic mass is 16.4. The molecule has 0 spiro atoms. The molecular weight excluding hydrogens is 260 g/mol. The Labute approximate surface area is 117 Å². The van der Waals surface area contributed by atoms with E-state index in [1.165, 1.54) is 17.5 Å². The summed E-state index contributed by atoms with van der Waals surface area (Å²) >= 11 is 0. The van der Waals surface area contributed by atoms with E-state index in [-0.39, 0.29) is 18.4 Å². The topological polar surface area (TPSA) is 97.1 Å². The van der Waals surface area contributed by atoms with Gasteiger partial charge in [0.25, 0.3) is 0 Å². The first-order chi connectivity index (χ1) is 9.65. The maximum atomic E-state index is 12.0. The average Bonchev–Trinajstić information content (AvgIpc) is 2.67. The molecule has 0 saturated heterocycles. The molecule has 1 fully saturated rings. The van der Waals surface area contributed by atoms with E-state index in [2.05, 4.69) is 15.6 Å². The molecular formula is C13H20N4O3. The number of hydrogen-bond acceptors (Lipinski definition) is 4. The van der Waals surface area contributed by atoms with Gasteiger partial charge in [-0.3, -0.25) is 9.59 Å². The summed E-state index contributed by atoms with van der Waals surface area (Å²) < 4.78 is 1.25. The molecule has 20 heavy (non-hydrogen) atoms. The fourth-order valence-corrected chi connectivity index (χ4v) is 2.50. The normalized spacial score (nSPS) is 16.6. The molecule has 110 valence electrons. The van der Waals surface area contributed by atoms with Crippen molar-refractivity contribution in [1.29, 1.82) is 0 Å². The molecule has 1 aromatic heterocycles. The molecule has 2 rings (SSSR count). The predicted molar refractivity (Wildman–Crippen MR) is 70.7 cm³/mol. The number of carbonyl (C=O) groups is 2. The summed E-state index contributed by atoms with van der Waals surface area (Å²) in [5.41, 5.74) is 0.577. The van der Waals surface area contributed by atoms with Crippen molar-refractivity contribution in [2.45, 2.75) is 51.6 Å². The van der Waals surface area contributed by atoms with E-state index in [1.807, 2.05) is 0 Å². The Morgan fingerprint density at radius 1 is 1.30 bits per heavy atom. The minimum Gasteiger partial charge on any atom is -0.480 e. The first-order valence-electron chi connectivity index (χ1n) is 7.03. The van der Waals surface area contributed by atoms with Crippen molar-refractivity contribution in [3.63, 3.8) is 0 Å². The zero-order chi connectivity index (χ0) is 14.4. The smallest absolute Gasteiger partial charge is 0.325 e. The molecule has 0 aliphatic heterocycles. The number of aliphatic carboxylic acids is 1. The van der Waals surface area contributed by atoms with Gasteiger partial charge >= 0.3 is 5.97 Å². The summed E-state index contributed by atoms with van der Waals surface area (Å²) in [7, 11) is 0. The lowest BCUT2D eigenvalue weighted by Gasteiger charge is -2.13. The summed E-state index contributed by atoms with van der Waals surface area (Å²) in [6.45, 7) is 0.0819. The summed E-state index contributed by atoms with van der Waals surface area (Å²) in [6.07, 6.45) is 8.12. The molecule has 0 radical (unpaired) electrons. The van der Waals surface area contributed by atoms with Crippen LogP contribution in [-0.4, -0.2) is 32.0 Å². The molecule has 7 nitrogen and oxygen atoms in total. The SMILES string of the molecule is O=C(O)Cn1cc(CNC(=O)C2CCCCCC2)nn1. The fraction of sp³-hybridized carbons (Fsp3) is 0.692. The summed E-state index contributed by atoms with van der Waals surface area (Å²) in [5.74, 6) is -0.796. The molecule has 1 amide bonds. The third-order valence-corrected chi connectivity index (χ3v) is 3.55. The van der Waals surface area contributed by atoms with Crippen molar-refractivity contribution >= 4 is 11.9 Å². The lowest BCUT2D eigenvalue weighted by Crippen LogP contribution is -2.30. The van der Waals surface area contributed by atoms with Crippen LogP contribution in [0.5, 0.6) is 0 Å². The summed E-state index contributed by atoms with van der Waals surface area (Å²) in [4.78, 5) is 22.6. The Kier molecular flexibility index (Phi) is 5.09. The molecule has 7 heteroatoms. The predicted octanol–water partition coefficient (Wildman–Crippen LogP) is 0.949. The van der Waals surface area contributed by atoms with Gasteiger partial charge in [0.2, 0.25) is 5.91 Å². The number of rotatable bonds is 5. The highest BCUT2D eigenvalue weighted by Gasteiger charge is 2.19. The Balaban J connectivity index is 1.80. The minimum absolute atomic E-state index is 0.0692. The third-order valence-electron chi connectivity index (χ3n) is 3.55. The number of nitrogens with one attached hydrogen (secondary N) is 1. The van der Waals surface area contributed by atoms with Crippen LogP contribution < -0.4 is 5.32 Å². The maximum Gasteiger partial charge on any atom is 0.325 e. The maximum absolute atomic E-state index is 12.0. The number of nitrogens with zero attached hydrogens (tertiary/aromatic N) is 3. The molecule has 1 aliphatic rings. The Morgan fingerprint density at radius 2 is 2.00 bits per heavy atom. The second-order valence-electron chi connectivity index (χ2n) is 5.21. The van der Waals surface area contributed by atoms with Gasteiger partial charge in [-0.25, -0.2) is 4.68 Å². The van der Waals surface area contributed by atoms with Crippen LogP contribution in [-0.2, 0) is 22.7 Å². The van der Waals surface area contributed by atoms with Gasteiger partial charge in [-0.1, -0.05) is 30.9 Å². The first kappa shape index (κ1) is 14.5. The van der Waals surface area contributed by atoms with Crippen molar-refractivity contribution in [3.05, 3.63) is 11.9 Å². The Morgan fingerprint density at radius 3 is 2.65 bits per heavy atom. The molecule has 0 atom stereocenters. The van der Waals surface area contributed by atoms with Crippen molar-refractivity contribution in [3.8, 4) is 0 Å². The third kappa shape index (κ3) is 4.32. The zero-order valence-corrected chi connectivity index (χ0v) is 11.4. The lowest BCUT2D eigenvalue weighted by molar-refractivity contribution is -0.138.